The van der Waals surface area contributed by atoms with Gasteiger partial charge in [0.15, 0.2) is 0 Å². The third-order valence-electron chi connectivity index (χ3n) is 3.65. The number of likely N-dealkylation sites (tertiary alicyclic amines) is 1. The number of rotatable bonds is 4. The van der Waals surface area contributed by atoms with Crippen LogP contribution in [-0.4, -0.2) is 53.3 Å². The van der Waals surface area contributed by atoms with Gasteiger partial charge in [0.25, 0.3) is 0 Å². The van der Waals surface area contributed by atoms with Crippen LogP contribution in [0.4, 0.5) is 10.5 Å². The number of carbonyl (C=O) groups is 2. The average molecular weight is 293 g/mol. The van der Waals surface area contributed by atoms with Gasteiger partial charge in [-0.25, -0.2) is 9.59 Å². The lowest BCUT2D eigenvalue weighted by molar-refractivity contribution is 0.0697. The smallest absolute Gasteiger partial charge is 0.337 e. The fourth-order valence-electron chi connectivity index (χ4n) is 2.43. The van der Waals surface area contributed by atoms with Gasteiger partial charge in [0.1, 0.15) is 5.75 Å². The molecule has 1 fully saturated rings. The molecule has 2 amide bonds. The van der Waals surface area contributed by atoms with Crippen LogP contribution in [0.3, 0.4) is 0 Å². The lowest BCUT2D eigenvalue weighted by atomic mass is 10.1. The molecule has 0 radical (unpaired) electrons. The molecule has 0 saturated carbocycles. The molecule has 0 aromatic heterocycles. The van der Waals surface area contributed by atoms with Crippen molar-refractivity contribution in [3.63, 3.8) is 0 Å². The van der Waals surface area contributed by atoms with Crippen molar-refractivity contribution >= 4 is 17.7 Å². The number of amides is 2. The molecule has 1 aromatic carbocycles. The zero-order chi connectivity index (χ0) is 15.4. The van der Waals surface area contributed by atoms with Crippen LogP contribution < -0.4 is 10.6 Å². The van der Waals surface area contributed by atoms with E-state index in [9.17, 15) is 14.7 Å². The average Bonchev–Trinajstić information content (AvgIpc) is 2.84. The number of urea groups is 1. The zero-order valence-electron chi connectivity index (χ0n) is 11.8. The largest absolute Gasteiger partial charge is 0.508 e. The monoisotopic (exact) mass is 293 g/mol. The Morgan fingerprint density at radius 2 is 2.19 bits per heavy atom. The molecule has 21 heavy (non-hydrogen) atoms. The Morgan fingerprint density at radius 1 is 1.43 bits per heavy atom. The summed E-state index contributed by atoms with van der Waals surface area (Å²) in [4.78, 5) is 25.1. The predicted molar refractivity (Wildman–Crippen MR) is 77.7 cm³/mol. The van der Waals surface area contributed by atoms with Crippen LogP contribution in [0.2, 0.25) is 0 Å². The van der Waals surface area contributed by atoms with E-state index >= 15 is 0 Å². The molecular formula is C14H19N3O4. The van der Waals surface area contributed by atoms with Crippen LogP contribution in [0.25, 0.3) is 0 Å². The number of phenolic OH excluding ortho intramolecular Hbond substituents is 1. The minimum Gasteiger partial charge on any atom is -0.508 e. The summed E-state index contributed by atoms with van der Waals surface area (Å²) in [6.07, 6.45) is 2.15. The number of likely N-dealkylation sites (N-methyl/N-ethyl adjacent to an activating group) is 1. The highest BCUT2D eigenvalue weighted by Gasteiger charge is 2.21. The first-order valence-electron chi connectivity index (χ1n) is 6.79. The van der Waals surface area contributed by atoms with E-state index in [0.717, 1.165) is 25.5 Å². The van der Waals surface area contributed by atoms with E-state index in [1.807, 2.05) is 7.05 Å². The number of hydrogen-bond acceptors (Lipinski definition) is 4. The summed E-state index contributed by atoms with van der Waals surface area (Å²) in [5.41, 5.74) is 0.000658. The zero-order valence-corrected chi connectivity index (χ0v) is 11.8. The van der Waals surface area contributed by atoms with E-state index in [1.165, 1.54) is 12.1 Å². The summed E-state index contributed by atoms with van der Waals surface area (Å²) in [5, 5.41) is 23.6. The van der Waals surface area contributed by atoms with E-state index in [1.54, 1.807) is 0 Å². The fraction of sp³-hybridized carbons (Fsp3) is 0.429. The van der Waals surface area contributed by atoms with E-state index in [0.29, 0.717) is 12.6 Å². The standard InChI is InChI=1S/C14H19N3O4/c1-17-6-2-3-9(17)8-15-14(21)16-12-5-4-10(18)7-11(12)13(19)20/h4-5,7,9,18H,2-3,6,8H2,1H3,(H,19,20)(H2,15,16,21). The second-order valence-corrected chi connectivity index (χ2v) is 5.15. The van der Waals surface area contributed by atoms with Crippen molar-refractivity contribution < 1.29 is 19.8 Å². The summed E-state index contributed by atoms with van der Waals surface area (Å²) < 4.78 is 0. The highest BCUT2D eigenvalue weighted by Crippen LogP contribution is 2.21. The summed E-state index contributed by atoms with van der Waals surface area (Å²) in [7, 11) is 2.01. The molecule has 1 aliphatic rings. The van der Waals surface area contributed by atoms with Gasteiger partial charge in [-0.1, -0.05) is 0 Å². The third kappa shape index (κ3) is 3.85. The number of carbonyl (C=O) groups excluding carboxylic acids is 1. The minimum atomic E-state index is -1.21. The number of carboxylic acids is 1. The molecule has 1 aliphatic heterocycles. The van der Waals surface area contributed by atoms with Gasteiger partial charge in [0.2, 0.25) is 0 Å². The molecular weight excluding hydrogens is 274 g/mol. The van der Waals surface area contributed by atoms with Gasteiger partial charge in [-0.2, -0.15) is 0 Å². The first-order valence-corrected chi connectivity index (χ1v) is 6.79. The lowest BCUT2D eigenvalue weighted by Gasteiger charge is -2.20. The number of benzene rings is 1. The number of nitrogens with zero attached hydrogens (tertiary/aromatic N) is 1. The molecule has 2 rings (SSSR count). The predicted octanol–water partition coefficient (Wildman–Crippen LogP) is 1.31. The fourth-order valence-corrected chi connectivity index (χ4v) is 2.43. The number of carboxylic acid groups (broad SMARTS) is 1. The van der Waals surface area contributed by atoms with E-state index < -0.39 is 12.0 Å². The minimum absolute atomic E-state index is 0.150. The van der Waals surface area contributed by atoms with Crippen LogP contribution >= 0.6 is 0 Å². The van der Waals surface area contributed by atoms with Gasteiger partial charge in [-0.05, 0) is 44.6 Å². The number of nitrogens with one attached hydrogen (secondary N) is 2. The Balaban J connectivity index is 1.95. The number of phenols is 1. The number of hydrogen-bond donors (Lipinski definition) is 4. The molecule has 1 heterocycles. The molecule has 1 atom stereocenters. The van der Waals surface area contributed by atoms with Gasteiger partial charge in [0, 0.05) is 12.6 Å². The van der Waals surface area contributed by atoms with Crippen LogP contribution in [0.1, 0.15) is 23.2 Å². The van der Waals surface area contributed by atoms with Crippen LogP contribution in [0.5, 0.6) is 5.75 Å². The van der Waals surface area contributed by atoms with Crippen molar-refractivity contribution in [2.75, 3.05) is 25.5 Å². The SMILES string of the molecule is CN1CCCC1CNC(=O)Nc1ccc(O)cc1C(=O)O. The number of aromatic hydroxyl groups is 1. The van der Waals surface area contributed by atoms with Crippen molar-refractivity contribution in [3.8, 4) is 5.75 Å². The van der Waals surface area contributed by atoms with Crippen molar-refractivity contribution in [2.24, 2.45) is 0 Å². The van der Waals surface area contributed by atoms with Gasteiger partial charge >= 0.3 is 12.0 Å². The highest BCUT2D eigenvalue weighted by molar-refractivity contribution is 6.00. The Kier molecular flexibility index (Phi) is 4.64. The normalized spacial score (nSPS) is 18.4. The topological polar surface area (TPSA) is 102 Å². The molecule has 1 saturated heterocycles. The summed E-state index contributed by atoms with van der Waals surface area (Å²) in [6.45, 7) is 1.54. The Bertz CT molecular complexity index is 547. The third-order valence-corrected chi connectivity index (χ3v) is 3.65. The first-order chi connectivity index (χ1) is 9.97. The van der Waals surface area contributed by atoms with Crippen LogP contribution in [0, 0.1) is 0 Å². The van der Waals surface area contributed by atoms with Crippen molar-refractivity contribution in [3.05, 3.63) is 23.8 Å². The maximum Gasteiger partial charge on any atom is 0.337 e. The van der Waals surface area contributed by atoms with Gasteiger partial charge in [-0.3, -0.25) is 0 Å². The van der Waals surface area contributed by atoms with E-state index in [4.69, 9.17) is 5.11 Å². The van der Waals surface area contributed by atoms with Crippen LogP contribution in [-0.2, 0) is 0 Å². The number of aromatic carboxylic acids is 1. The molecule has 7 nitrogen and oxygen atoms in total. The second-order valence-electron chi connectivity index (χ2n) is 5.15. The van der Waals surface area contributed by atoms with Crippen molar-refractivity contribution in [2.45, 2.75) is 18.9 Å². The number of anilines is 1. The molecule has 0 aliphatic carbocycles. The molecule has 1 unspecified atom stereocenters. The first kappa shape index (κ1) is 15.1. The molecule has 114 valence electrons. The Labute approximate surface area is 122 Å². The molecule has 1 aromatic rings. The second kappa shape index (κ2) is 6.45. The lowest BCUT2D eigenvalue weighted by Crippen LogP contribution is -2.40. The molecule has 7 heteroatoms. The van der Waals surface area contributed by atoms with Crippen molar-refractivity contribution in [1.82, 2.24) is 10.2 Å². The van der Waals surface area contributed by atoms with Crippen molar-refractivity contribution in [1.29, 1.82) is 0 Å². The van der Waals surface area contributed by atoms with Gasteiger partial charge in [-0.15, -0.1) is 0 Å². The van der Waals surface area contributed by atoms with Crippen LogP contribution in [0.15, 0.2) is 18.2 Å². The molecule has 4 N–H and O–H groups in total. The summed E-state index contributed by atoms with van der Waals surface area (Å²) in [6, 6.07) is 3.65. The quantitative estimate of drug-likeness (QED) is 0.627. The maximum absolute atomic E-state index is 11.8. The molecule has 0 bridgehead atoms. The Morgan fingerprint density at radius 3 is 2.81 bits per heavy atom. The van der Waals surface area contributed by atoms with Gasteiger partial charge < -0.3 is 25.7 Å². The highest BCUT2D eigenvalue weighted by atomic mass is 16.4. The Hall–Kier alpha value is -2.28. The summed E-state index contributed by atoms with van der Waals surface area (Å²) >= 11 is 0. The summed E-state index contributed by atoms with van der Waals surface area (Å²) in [5.74, 6) is -1.37. The van der Waals surface area contributed by atoms with E-state index in [-0.39, 0.29) is 17.0 Å². The van der Waals surface area contributed by atoms with E-state index in [2.05, 4.69) is 15.5 Å². The molecule has 0 spiro atoms. The maximum atomic E-state index is 11.8. The van der Waals surface area contributed by atoms with Gasteiger partial charge in [0.05, 0.1) is 11.3 Å².